The van der Waals surface area contributed by atoms with Gasteiger partial charge in [-0.15, -0.1) is 0 Å². The van der Waals surface area contributed by atoms with E-state index in [1.165, 1.54) is 18.2 Å². The molecule has 3 aromatic heterocycles. The lowest BCUT2D eigenvalue weighted by molar-refractivity contribution is 0.456. The normalized spacial score (nSPS) is 11.4. The van der Waals surface area contributed by atoms with Crippen molar-refractivity contribution < 1.29 is 15.3 Å². The van der Waals surface area contributed by atoms with Gasteiger partial charge in [0, 0.05) is 34.4 Å². The van der Waals surface area contributed by atoms with E-state index >= 15 is 0 Å². The standard InChI is InChI=1S/C15H9N3O3/c19-10-4-1-7-13(16-10)8-3-6-12(21)18-15(8)9-2-5-11(20)17-14(7)9/h1-6H,(H,16,19)(H,17,20)(H,18,21). The van der Waals surface area contributed by atoms with Crippen LogP contribution >= 0.6 is 0 Å². The first-order chi connectivity index (χ1) is 10.1. The van der Waals surface area contributed by atoms with E-state index in [1.54, 1.807) is 18.2 Å². The highest BCUT2D eigenvalue weighted by Crippen LogP contribution is 2.34. The van der Waals surface area contributed by atoms with Gasteiger partial charge in [-0.1, -0.05) is 0 Å². The number of nitrogens with zero attached hydrogens (tertiary/aromatic N) is 3. The Balaban J connectivity index is 2.39. The number of hydrogen-bond donors (Lipinski definition) is 3. The summed E-state index contributed by atoms with van der Waals surface area (Å²) in [5.74, 6) is -0.343. The maximum absolute atomic E-state index is 9.62. The fourth-order valence-electron chi connectivity index (χ4n) is 2.54. The second kappa shape index (κ2) is 3.92. The zero-order valence-corrected chi connectivity index (χ0v) is 10.6. The van der Waals surface area contributed by atoms with Gasteiger partial charge in [-0.2, -0.15) is 0 Å². The molecule has 0 radical (unpaired) electrons. The van der Waals surface area contributed by atoms with Crippen LogP contribution in [0.2, 0.25) is 0 Å². The molecule has 0 amide bonds. The lowest BCUT2D eigenvalue weighted by Gasteiger charge is -2.08. The molecular formula is C15H9N3O3. The van der Waals surface area contributed by atoms with Gasteiger partial charge in [-0.3, -0.25) is 0 Å². The van der Waals surface area contributed by atoms with Gasteiger partial charge in [-0.25, -0.2) is 15.0 Å². The highest BCUT2D eigenvalue weighted by Gasteiger charge is 2.13. The second-order valence-electron chi connectivity index (χ2n) is 4.70. The van der Waals surface area contributed by atoms with Crippen LogP contribution in [0.5, 0.6) is 17.6 Å². The van der Waals surface area contributed by atoms with Crippen molar-refractivity contribution in [3.05, 3.63) is 36.4 Å². The van der Waals surface area contributed by atoms with Gasteiger partial charge in [0.25, 0.3) is 0 Å². The molecule has 4 aromatic rings. The summed E-state index contributed by atoms with van der Waals surface area (Å²) in [6.45, 7) is 0. The molecular weight excluding hydrogens is 270 g/mol. The minimum absolute atomic E-state index is 0.114. The van der Waals surface area contributed by atoms with E-state index in [9.17, 15) is 15.3 Å². The number of aromatic hydroxyl groups is 3. The van der Waals surface area contributed by atoms with E-state index in [-0.39, 0.29) is 17.6 Å². The molecule has 21 heavy (non-hydrogen) atoms. The van der Waals surface area contributed by atoms with Gasteiger partial charge in [0.15, 0.2) is 0 Å². The molecule has 0 spiro atoms. The van der Waals surface area contributed by atoms with Crippen LogP contribution < -0.4 is 0 Å². The summed E-state index contributed by atoms with van der Waals surface area (Å²) in [6.07, 6.45) is 0. The van der Waals surface area contributed by atoms with Crippen LogP contribution in [-0.2, 0) is 0 Å². The predicted molar refractivity (Wildman–Crippen MR) is 77.3 cm³/mol. The Hall–Kier alpha value is -3.15. The lowest BCUT2D eigenvalue weighted by atomic mass is 10.0. The summed E-state index contributed by atoms with van der Waals surface area (Å²) >= 11 is 0. The molecule has 6 heteroatoms. The van der Waals surface area contributed by atoms with Crippen molar-refractivity contribution in [1.82, 2.24) is 15.0 Å². The summed E-state index contributed by atoms with van der Waals surface area (Å²) in [4.78, 5) is 12.4. The first-order valence-corrected chi connectivity index (χ1v) is 6.24. The van der Waals surface area contributed by atoms with Crippen molar-refractivity contribution in [3.63, 3.8) is 0 Å². The molecule has 0 aliphatic carbocycles. The number of hydrogen-bond acceptors (Lipinski definition) is 6. The van der Waals surface area contributed by atoms with Gasteiger partial charge >= 0.3 is 0 Å². The molecule has 3 heterocycles. The maximum Gasteiger partial charge on any atom is 0.211 e. The fraction of sp³-hybridized carbons (Fsp3) is 0. The SMILES string of the molecule is Oc1ccc2c(n1)c1ccc(O)nc1c1ccc(O)nc21. The fourth-order valence-corrected chi connectivity index (χ4v) is 2.54. The molecule has 0 atom stereocenters. The number of aromatic nitrogens is 3. The van der Waals surface area contributed by atoms with E-state index in [2.05, 4.69) is 15.0 Å². The average molecular weight is 279 g/mol. The van der Waals surface area contributed by atoms with Crippen molar-refractivity contribution >= 4 is 32.7 Å². The highest BCUT2D eigenvalue weighted by molar-refractivity contribution is 6.21. The van der Waals surface area contributed by atoms with Gasteiger partial charge in [0.1, 0.15) is 0 Å². The van der Waals surface area contributed by atoms with E-state index in [4.69, 9.17) is 0 Å². The van der Waals surface area contributed by atoms with Crippen LogP contribution in [-0.4, -0.2) is 30.3 Å². The van der Waals surface area contributed by atoms with Crippen molar-refractivity contribution in [2.75, 3.05) is 0 Å². The van der Waals surface area contributed by atoms with Crippen molar-refractivity contribution in [1.29, 1.82) is 0 Å². The molecule has 1 aromatic carbocycles. The highest BCUT2D eigenvalue weighted by atomic mass is 16.3. The quantitative estimate of drug-likeness (QED) is 0.427. The summed E-state index contributed by atoms with van der Waals surface area (Å²) in [7, 11) is 0. The average Bonchev–Trinajstić information content (AvgIpc) is 2.46. The summed E-state index contributed by atoms with van der Waals surface area (Å²) in [5, 5.41) is 30.9. The number of benzene rings is 1. The maximum atomic E-state index is 9.62. The van der Waals surface area contributed by atoms with Gasteiger partial charge < -0.3 is 15.3 Å². The minimum atomic E-state index is -0.114. The summed E-state index contributed by atoms with van der Waals surface area (Å²) < 4.78 is 0. The Bertz CT molecular complexity index is 868. The zero-order chi connectivity index (χ0) is 14.6. The van der Waals surface area contributed by atoms with Gasteiger partial charge in [0.05, 0.1) is 16.6 Å². The van der Waals surface area contributed by atoms with Crippen LogP contribution in [0.4, 0.5) is 0 Å². The van der Waals surface area contributed by atoms with Crippen LogP contribution in [0.15, 0.2) is 36.4 Å². The number of rotatable bonds is 0. The Morgan fingerprint density at radius 1 is 0.476 bits per heavy atom. The molecule has 0 aliphatic heterocycles. The third-order valence-electron chi connectivity index (χ3n) is 3.41. The Morgan fingerprint density at radius 2 is 0.762 bits per heavy atom. The van der Waals surface area contributed by atoms with Crippen LogP contribution in [0.25, 0.3) is 32.7 Å². The van der Waals surface area contributed by atoms with E-state index < -0.39 is 0 Å². The van der Waals surface area contributed by atoms with Crippen LogP contribution in [0.3, 0.4) is 0 Å². The Kier molecular flexibility index (Phi) is 2.18. The Labute approximate surface area is 118 Å². The monoisotopic (exact) mass is 279 g/mol. The zero-order valence-electron chi connectivity index (χ0n) is 10.6. The first kappa shape index (κ1) is 11.7. The van der Waals surface area contributed by atoms with E-state index in [0.29, 0.717) is 32.7 Å². The van der Waals surface area contributed by atoms with Gasteiger partial charge in [-0.05, 0) is 18.2 Å². The first-order valence-electron chi connectivity index (χ1n) is 6.24. The third kappa shape index (κ3) is 1.62. The molecule has 0 unspecified atom stereocenters. The predicted octanol–water partition coefficient (Wildman–Crippen LogP) is 2.45. The third-order valence-corrected chi connectivity index (χ3v) is 3.41. The largest absolute Gasteiger partial charge is 0.493 e. The molecule has 0 bridgehead atoms. The summed E-state index contributed by atoms with van der Waals surface area (Å²) in [6, 6.07) is 9.48. The molecule has 0 saturated heterocycles. The van der Waals surface area contributed by atoms with Crippen molar-refractivity contribution in [2.24, 2.45) is 0 Å². The minimum Gasteiger partial charge on any atom is -0.493 e. The van der Waals surface area contributed by atoms with Crippen molar-refractivity contribution in [3.8, 4) is 17.6 Å². The number of fused-ring (bicyclic) bond motifs is 6. The molecule has 0 aliphatic rings. The summed E-state index contributed by atoms with van der Waals surface area (Å²) in [5.41, 5.74) is 1.55. The van der Waals surface area contributed by atoms with Gasteiger partial charge in [0.2, 0.25) is 17.6 Å². The molecule has 6 nitrogen and oxygen atoms in total. The Morgan fingerprint density at radius 3 is 1.05 bits per heavy atom. The molecule has 0 fully saturated rings. The van der Waals surface area contributed by atoms with E-state index in [1.807, 2.05) is 0 Å². The van der Waals surface area contributed by atoms with Crippen molar-refractivity contribution in [2.45, 2.75) is 0 Å². The molecule has 0 saturated carbocycles. The molecule has 4 rings (SSSR count). The molecule has 3 N–H and O–H groups in total. The smallest absolute Gasteiger partial charge is 0.211 e. The van der Waals surface area contributed by atoms with E-state index in [0.717, 1.165) is 0 Å². The van der Waals surface area contributed by atoms with Crippen LogP contribution in [0, 0.1) is 0 Å². The number of pyridine rings is 3. The topological polar surface area (TPSA) is 99.4 Å². The molecule has 102 valence electrons. The van der Waals surface area contributed by atoms with Crippen LogP contribution in [0.1, 0.15) is 0 Å². The second-order valence-corrected chi connectivity index (χ2v) is 4.70. The lowest BCUT2D eigenvalue weighted by Crippen LogP contribution is -1.90.